The Morgan fingerprint density at radius 2 is 2.07 bits per heavy atom. The van der Waals surface area contributed by atoms with E-state index in [1.54, 1.807) is 0 Å². The quantitative estimate of drug-likeness (QED) is 0.689. The highest BCUT2D eigenvalue weighted by Gasteiger charge is 2.19. The van der Waals surface area contributed by atoms with E-state index >= 15 is 0 Å². The summed E-state index contributed by atoms with van der Waals surface area (Å²) < 4.78 is 1.18. The average Bonchev–Trinajstić information content (AvgIpc) is 2.46. The number of halogens is 2. The molecule has 0 radical (unpaired) electrons. The SMILES string of the molecule is CC(C)C(Cc1cc(Br)cs1)C(C)Cl. The Hall–Kier alpha value is 0.470. The summed E-state index contributed by atoms with van der Waals surface area (Å²) in [5.74, 6) is 1.21. The van der Waals surface area contributed by atoms with Crippen molar-refractivity contribution in [2.75, 3.05) is 0 Å². The van der Waals surface area contributed by atoms with Crippen LogP contribution in [0.3, 0.4) is 0 Å². The summed E-state index contributed by atoms with van der Waals surface area (Å²) in [5, 5.41) is 2.38. The number of hydrogen-bond acceptors (Lipinski definition) is 1. The van der Waals surface area contributed by atoms with Gasteiger partial charge in [0, 0.05) is 20.1 Å². The predicted octanol–water partition coefficient (Wildman–Crippen LogP) is 4.95. The van der Waals surface area contributed by atoms with Gasteiger partial charge < -0.3 is 0 Å². The zero-order valence-corrected chi connectivity index (χ0v) is 11.9. The van der Waals surface area contributed by atoms with Crippen molar-refractivity contribution in [1.29, 1.82) is 0 Å². The van der Waals surface area contributed by atoms with Crippen LogP contribution >= 0.6 is 38.9 Å². The molecule has 0 bridgehead atoms. The molecule has 0 aliphatic rings. The molecule has 0 amide bonds. The molecule has 1 heterocycles. The Balaban J connectivity index is 2.64. The summed E-state index contributed by atoms with van der Waals surface area (Å²) in [7, 11) is 0. The van der Waals surface area contributed by atoms with Crippen molar-refractivity contribution < 1.29 is 0 Å². The summed E-state index contributed by atoms with van der Waals surface area (Å²) in [5.41, 5.74) is 0. The largest absolute Gasteiger partial charge is 0.148 e. The molecule has 0 aromatic carbocycles. The maximum absolute atomic E-state index is 6.19. The van der Waals surface area contributed by atoms with Crippen LogP contribution in [0.2, 0.25) is 0 Å². The van der Waals surface area contributed by atoms with Gasteiger partial charge in [0.1, 0.15) is 0 Å². The van der Waals surface area contributed by atoms with Crippen LogP contribution in [0.1, 0.15) is 25.6 Å². The van der Waals surface area contributed by atoms with E-state index in [0.29, 0.717) is 11.8 Å². The molecule has 2 atom stereocenters. The highest BCUT2D eigenvalue weighted by molar-refractivity contribution is 9.10. The second kappa shape index (κ2) is 5.53. The molecule has 1 rings (SSSR count). The first-order valence-electron chi connectivity index (χ1n) is 4.87. The van der Waals surface area contributed by atoms with E-state index in [0.717, 1.165) is 6.42 Å². The van der Waals surface area contributed by atoms with Crippen molar-refractivity contribution in [1.82, 2.24) is 0 Å². The maximum atomic E-state index is 6.19. The first-order valence-corrected chi connectivity index (χ1v) is 6.98. The first-order chi connectivity index (χ1) is 6.50. The van der Waals surface area contributed by atoms with Gasteiger partial charge in [-0.15, -0.1) is 22.9 Å². The monoisotopic (exact) mass is 294 g/mol. The summed E-state index contributed by atoms with van der Waals surface area (Å²) in [6.45, 7) is 6.58. The van der Waals surface area contributed by atoms with Crippen molar-refractivity contribution in [2.24, 2.45) is 11.8 Å². The minimum absolute atomic E-state index is 0.246. The average molecular weight is 296 g/mol. The van der Waals surface area contributed by atoms with Gasteiger partial charge in [-0.25, -0.2) is 0 Å². The van der Waals surface area contributed by atoms with E-state index in [9.17, 15) is 0 Å². The van der Waals surface area contributed by atoms with Crippen LogP contribution in [0.25, 0.3) is 0 Å². The van der Waals surface area contributed by atoms with Gasteiger partial charge >= 0.3 is 0 Å². The van der Waals surface area contributed by atoms with Crippen molar-refractivity contribution in [3.63, 3.8) is 0 Å². The lowest BCUT2D eigenvalue weighted by atomic mass is 9.89. The molecule has 80 valence electrons. The third kappa shape index (κ3) is 3.56. The number of rotatable bonds is 4. The smallest absolute Gasteiger partial charge is 0.0341 e. The molecule has 2 unspecified atom stereocenters. The molecule has 0 saturated carbocycles. The Morgan fingerprint density at radius 1 is 1.43 bits per heavy atom. The molecule has 14 heavy (non-hydrogen) atoms. The molecule has 1 aromatic heterocycles. The van der Waals surface area contributed by atoms with Gasteiger partial charge in [0.05, 0.1) is 0 Å². The third-order valence-corrected chi connectivity index (χ3v) is 4.55. The van der Waals surface area contributed by atoms with Gasteiger partial charge in [-0.1, -0.05) is 13.8 Å². The Kier molecular flexibility index (Phi) is 4.95. The van der Waals surface area contributed by atoms with Crippen LogP contribution in [-0.2, 0) is 6.42 Å². The Bertz CT molecular complexity index is 273. The normalized spacial score (nSPS) is 15.9. The number of hydrogen-bond donors (Lipinski definition) is 0. The molecule has 0 nitrogen and oxygen atoms in total. The molecule has 0 fully saturated rings. The number of alkyl halides is 1. The maximum Gasteiger partial charge on any atom is 0.0341 e. The third-order valence-electron chi connectivity index (χ3n) is 2.50. The molecule has 0 N–H and O–H groups in total. The van der Waals surface area contributed by atoms with E-state index in [2.05, 4.69) is 48.1 Å². The van der Waals surface area contributed by atoms with Crippen molar-refractivity contribution in [3.8, 4) is 0 Å². The zero-order valence-electron chi connectivity index (χ0n) is 8.76. The van der Waals surface area contributed by atoms with E-state index in [1.807, 2.05) is 11.3 Å². The Morgan fingerprint density at radius 3 is 2.43 bits per heavy atom. The second-order valence-corrected chi connectivity index (χ2v) is 6.62. The summed E-state index contributed by atoms with van der Waals surface area (Å²) in [6.07, 6.45) is 1.10. The first kappa shape index (κ1) is 12.5. The fraction of sp³-hybridized carbons (Fsp3) is 0.636. The Labute approximate surface area is 104 Å². The van der Waals surface area contributed by atoms with Gasteiger partial charge in [0.25, 0.3) is 0 Å². The molecular weight excluding hydrogens is 280 g/mol. The summed E-state index contributed by atoms with van der Waals surface area (Å²) in [4.78, 5) is 1.42. The molecule has 0 spiro atoms. The highest BCUT2D eigenvalue weighted by atomic mass is 79.9. The van der Waals surface area contributed by atoms with Crippen LogP contribution in [0, 0.1) is 11.8 Å². The lowest BCUT2D eigenvalue weighted by Gasteiger charge is -2.22. The number of thiophene rings is 1. The highest BCUT2D eigenvalue weighted by Crippen LogP contribution is 2.28. The van der Waals surface area contributed by atoms with Crippen LogP contribution in [0.15, 0.2) is 15.9 Å². The van der Waals surface area contributed by atoms with Gasteiger partial charge in [0.15, 0.2) is 0 Å². The lowest BCUT2D eigenvalue weighted by molar-refractivity contribution is 0.378. The standard InChI is InChI=1S/C11H16BrClS/c1-7(2)11(8(3)13)5-10-4-9(12)6-14-10/h4,6-8,11H,5H2,1-3H3. The van der Waals surface area contributed by atoms with Gasteiger partial charge in [0.2, 0.25) is 0 Å². The fourth-order valence-electron chi connectivity index (χ4n) is 1.62. The van der Waals surface area contributed by atoms with Gasteiger partial charge in [-0.05, 0) is 47.2 Å². The molecule has 0 aliphatic carbocycles. The van der Waals surface area contributed by atoms with Crippen molar-refractivity contribution >= 4 is 38.9 Å². The second-order valence-electron chi connectivity index (χ2n) is 4.02. The van der Waals surface area contributed by atoms with Crippen molar-refractivity contribution in [2.45, 2.75) is 32.6 Å². The van der Waals surface area contributed by atoms with Crippen LogP contribution in [0.4, 0.5) is 0 Å². The minimum Gasteiger partial charge on any atom is -0.148 e. The fourth-order valence-corrected chi connectivity index (χ4v) is 3.53. The van der Waals surface area contributed by atoms with E-state index in [4.69, 9.17) is 11.6 Å². The van der Waals surface area contributed by atoms with Crippen LogP contribution in [0.5, 0.6) is 0 Å². The minimum atomic E-state index is 0.246. The molecule has 0 saturated heterocycles. The molecule has 3 heteroatoms. The van der Waals surface area contributed by atoms with Gasteiger partial charge in [-0.2, -0.15) is 0 Å². The lowest BCUT2D eigenvalue weighted by Crippen LogP contribution is -2.20. The summed E-state index contributed by atoms with van der Waals surface area (Å²) >= 11 is 11.5. The summed E-state index contributed by atoms with van der Waals surface area (Å²) in [6, 6.07) is 2.19. The molecule has 0 aliphatic heterocycles. The van der Waals surface area contributed by atoms with E-state index in [1.165, 1.54) is 9.35 Å². The van der Waals surface area contributed by atoms with E-state index < -0.39 is 0 Å². The predicted molar refractivity (Wildman–Crippen MR) is 69.4 cm³/mol. The zero-order chi connectivity index (χ0) is 10.7. The topological polar surface area (TPSA) is 0 Å². The van der Waals surface area contributed by atoms with Crippen molar-refractivity contribution in [3.05, 3.63) is 20.8 Å². The molecular formula is C11H16BrClS. The van der Waals surface area contributed by atoms with Crippen LogP contribution < -0.4 is 0 Å². The molecule has 1 aromatic rings. The van der Waals surface area contributed by atoms with E-state index in [-0.39, 0.29) is 5.38 Å². The van der Waals surface area contributed by atoms with Crippen LogP contribution in [-0.4, -0.2) is 5.38 Å². The van der Waals surface area contributed by atoms with Gasteiger partial charge in [-0.3, -0.25) is 0 Å².